The highest BCUT2D eigenvalue weighted by Crippen LogP contribution is 2.22. The van der Waals surface area contributed by atoms with Crippen molar-refractivity contribution in [1.29, 1.82) is 0 Å². The molecule has 0 fully saturated rings. The lowest BCUT2D eigenvalue weighted by molar-refractivity contribution is -0.128. The van der Waals surface area contributed by atoms with Crippen molar-refractivity contribution in [3.8, 4) is 0 Å². The lowest BCUT2D eigenvalue weighted by Gasteiger charge is -2.18. The van der Waals surface area contributed by atoms with E-state index in [0.29, 0.717) is 24.9 Å². The van der Waals surface area contributed by atoms with E-state index < -0.39 is 0 Å². The number of carbonyl (C=O) groups is 2. The predicted molar refractivity (Wildman–Crippen MR) is 88.0 cm³/mol. The van der Waals surface area contributed by atoms with Crippen molar-refractivity contribution < 1.29 is 9.59 Å². The fourth-order valence-electron chi connectivity index (χ4n) is 1.85. The summed E-state index contributed by atoms with van der Waals surface area (Å²) in [6.45, 7) is 13.3. The molecule has 0 aromatic carbocycles. The molecule has 0 aliphatic rings. The third-order valence-corrected chi connectivity index (χ3v) is 3.24. The molecule has 2 amide bonds. The molecule has 4 nitrogen and oxygen atoms in total. The summed E-state index contributed by atoms with van der Waals surface area (Å²) >= 11 is 0. The Morgan fingerprint density at radius 1 is 0.810 bits per heavy atom. The van der Waals surface area contributed by atoms with E-state index in [4.69, 9.17) is 0 Å². The van der Waals surface area contributed by atoms with Crippen molar-refractivity contribution in [2.24, 2.45) is 10.8 Å². The first-order valence-corrected chi connectivity index (χ1v) is 8.07. The largest absolute Gasteiger partial charge is 0.354 e. The van der Waals surface area contributed by atoms with Gasteiger partial charge in [0.15, 0.2) is 0 Å². The highest BCUT2D eigenvalue weighted by molar-refractivity contribution is 5.81. The maximum absolute atomic E-state index is 11.6. The van der Waals surface area contributed by atoms with Crippen molar-refractivity contribution in [3.05, 3.63) is 0 Å². The summed E-state index contributed by atoms with van der Waals surface area (Å²) in [5.74, 6) is 0.0923. The van der Waals surface area contributed by atoms with Gasteiger partial charge in [0, 0.05) is 24.9 Å². The van der Waals surface area contributed by atoms with Gasteiger partial charge in [-0.2, -0.15) is 0 Å². The molecule has 2 N–H and O–H groups in total. The smallest absolute Gasteiger partial charge is 0.225 e. The lowest BCUT2D eigenvalue weighted by Crippen LogP contribution is -2.39. The van der Waals surface area contributed by atoms with Crippen LogP contribution in [0.4, 0.5) is 0 Å². The van der Waals surface area contributed by atoms with Gasteiger partial charge in [0.1, 0.15) is 0 Å². The third kappa shape index (κ3) is 12.4. The van der Waals surface area contributed by atoms with Gasteiger partial charge in [-0.25, -0.2) is 0 Å². The Balaban J connectivity index is 3.54. The monoisotopic (exact) mass is 298 g/mol. The van der Waals surface area contributed by atoms with Crippen LogP contribution in [0, 0.1) is 10.8 Å². The molecule has 0 aromatic heterocycles. The fraction of sp³-hybridized carbons (Fsp3) is 0.882. The van der Waals surface area contributed by atoms with Gasteiger partial charge < -0.3 is 10.6 Å². The molecule has 0 saturated heterocycles. The van der Waals surface area contributed by atoms with Gasteiger partial charge in [-0.1, -0.05) is 54.4 Å². The number of rotatable bonds is 8. The predicted octanol–water partition coefficient (Wildman–Crippen LogP) is 3.26. The molecule has 0 saturated carbocycles. The van der Waals surface area contributed by atoms with Crippen LogP contribution in [0.3, 0.4) is 0 Å². The van der Waals surface area contributed by atoms with E-state index in [9.17, 15) is 9.59 Å². The SMILES string of the molecule is CC(C)(C)CCCCCC(=O)NCCNC(=O)C(C)(C)C. The van der Waals surface area contributed by atoms with E-state index in [1.165, 1.54) is 12.8 Å². The number of unbranched alkanes of at least 4 members (excludes halogenated alkanes) is 2. The van der Waals surface area contributed by atoms with Gasteiger partial charge in [-0.3, -0.25) is 9.59 Å². The summed E-state index contributed by atoms with van der Waals surface area (Å²) in [5, 5.41) is 5.66. The maximum Gasteiger partial charge on any atom is 0.225 e. The van der Waals surface area contributed by atoms with Gasteiger partial charge >= 0.3 is 0 Å². The minimum Gasteiger partial charge on any atom is -0.354 e. The number of nitrogens with one attached hydrogen (secondary N) is 2. The number of hydrogen-bond acceptors (Lipinski definition) is 2. The van der Waals surface area contributed by atoms with Crippen LogP contribution < -0.4 is 10.6 Å². The van der Waals surface area contributed by atoms with E-state index in [-0.39, 0.29) is 17.2 Å². The first-order valence-electron chi connectivity index (χ1n) is 8.07. The van der Waals surface area contributed by atoms with E-state index >= 15 is 0 Å². The Labute approximate surface area is 130 Å². The summed E-state index contributed by atoms with van der Waals surface area (Å²) < 4.78 is 0. The molecule has 0 aromatic rings. The minimum atomic E-state index is -0.378. The van der Waals surface area contributed by atoms with Crippen molar-refractivity contribution in [2.75, 3.05) is 13.1 Å². The van der Waals surface area contributed by atoms with Gasteiger partial charge in [-0.05, 0) is 18.3 Å². The zero-order valence-corrected chi connectivity index (χ0v) is 14.8. The molecular weight excluding hydrogens is 264 g/mol. The maximum atomic E-state index is 11.6. The van der Waals surface area contributed by atoms with Crippen LogP contribution in [0.25, 0.3) is 0 Å². The van der Waals surface area contributed by atoms with Gasteiger partial charge in [0.25, 0.3) is 0 Å². The van der Waals surface area contributed by atoms with E-state index in [1.807, 2.05) is 20.8 Å². The van der Waals surface area contributed by atoms with Crippen LogP contribution in [0.5, 0.6) is 0 Å². The van der Waals surface area contributed by atoms with Crippen LogP contribution in [-0.2, 0) is 9.59 Å². The normalized spacial score (nSPS) is 12.1. The molecule has 0 atom stereocenters. The van der Waals surface area contributed by atoms with Crippen molar-refractivity contribution >= 4 is 11.8 Å². The molecule has 0 aliphatic carbocycles. The summed E-state index contributed by atoms with van der Waals surface area (Å²) in [5.41, 5.74) is 0.00455. The molecule has 0 heterocycles. The third-order valence-electron chi connectivity index (χ3n) is 3.24. The Bertz CT molecular complexity index is 325. The van der Waals surface area contributed by atoms with E-state index in [1.54, 1.807) is 0 Å². The highest BCUT2D eigenvalue weighted by atomic mass is 16.2. The van der Waals surface area contributed by atoms with Crippen molar-refractivity contribution in [3.63, 3.8) is 0 Å². The minimum absolute atomic E-state index is 0.0129. The molecule has 21 heavy (non-hydrogen) atoms. The van der Waals surface area contributed by atoms with Crippen LogP contribution in [-0.4, -0.2) is 24.9 Å². The van der Waals surface area contributed by atoms with Crippen molar-refractivity contribution in [2.45, 2.75) is 73.6 Å². The molecular formula is C17H34N2O2. The Morgan fingerprint density at radius 2 is 1.38 bits per heavy atom. The van der Waals surface area contributed by atoms with Gasteiger partial charge in [0.05, 0.1) is 0 Å². The molecule has 124 valence electrons. The Kier molecular flexibility index (Phi) is 8.60. The molecule has 0 aliphatic heterocycles. The summed E-state index contributed by atoms with van der Waals surface area (Å²) in [6.07, 6.45) is 5.00. The van der Waals surface area contributed by atoms with Gasteiger partial charge in [-0.15, -0.1) is 0 Å². The van der Waals surface area contributed by atoms with Crippen LogP contribution >= 0.6 is 0 Å². The Morgan fingerprint density at radius 3 is 1.90 bits per heavy atom. The summed E-state index contributed by atoms with van der Waals surface area (Å²) in [6, 6.07) is 0. The van der Waals surface area contributed by atoms with E-state index in [2.05, 4.69) is 31.4 Å². The lowest BCUT2D eigenvalue weighted by atomic mass is 9.89. The molecule has 0 radical (unpaired) electrons. The standard InChI is InChI=1S/C17H34N2O2/c1-16(2,3)11-9-7-8-10-14(20)18-12-13-19-15(21)17(4,5)6/h7-13H2,1-6H3,(H,18,20)(H,19,21). The first-order chi connectivity index (χ1) is 9.52. The molecule has 0 bridgehead atoms. The molecule has 0 rings (SSSR count). The fourth-order valence-corrected chi connectivity index (χ4v) is 1.85. The van der Waals surface area contributed by atoms with Crippen LogP contribution in [0.2, 0.25) is 0 Å². The zero-order chi connectivity index (χ0) is 16.5. The van der Waals surface area contributed by atoms with E-state index in [0.717, 1.165) is 12.8 Å². The van der Waals surface area contributed by atoms with Crippen LogP contribution in [0.15, 0.2) is 0 Å². The first kappa shape index (κ1) is 19.9. The molecule has 4 heteroatoms. The number of amides is 2. The molecule has 0 spiro atoms. The number of carbonyl (C=O) groups excluding carboxylic acids is 2. The average molecular weight is 298 g/mol. The molecule has 0 unspecified atom stereocenters. The Hall–Kier alpha value is -1.06. The second-order valence-electron chi connectivity index (χ2n) is 7.98. The van der Waals surface area contributed by atoms with Crippen LogP contribution in [0.1, 0.15) is 73.6 Å². The zero-order valence-electron chi connectivity index (χ0n) is 14.8. The van der Waals surface area contributed by atoms with Crippen molar-refractivity contribution in [1.82, 2.24) is 10.6 Å². The summed E-state index contributed by atoms with van der Waals surface area (Å²) in [4.78, 5) is 23.2. The average Bonchev–Trinajstić information content (AvgIpc) is 2.31. The highest BCUT2D eigenvalue weighted by Gasteiger charge is 2.20. The second-order valence-corrected chi connectivity index (χ2v) is 7.98. The van der Waals surface area contributed by atoms with Gasteiger partial charge in [0.2, 0.25) is 11.8 Å². The topological polar surface area (TPSA) is 58.2 Å². The quantitative estimate of drug-likeness (QED) is 0.676. The summed E-state index contributed by atoms with van der Waals surface area (Å²) in [7, 11) is 0. The number of hydrogen-bond donors (Lipinski definition) is 2. The second kappa shape index (κ2) is 9.06.